The van der Waals surface area contributed by atoms with Gasteiger partial charge in [-0.2, -0.15) is 11.8 Å². The van der Waals surface area contributed by atoms with Crippen LogP contribution >= 0.6 is 34.4 Å². The van der Waals surface area contributed by atoms with Crippen LogP contribution in [-0.2, 0) is 5.75 Å². The minimum Gasteiger partial charge on any atom is -0.309 e. The van der Waals surface area contributed by atoms with Gasteiger partial charge in [0, 0.05) is 5.92 Å². The number of nitrogens with one attached hydrogen (secondary N) is 1. The zero-order valence-electron chi connectivity index (χ0n) is 9.96. The first-order valence-corrected chi connectivity index (χ1v) is 8.32. The lowest BCUT2D eigenvalue weighted by Gasteiger charge is -2.11. The van der Waals surface area contributed by atoms with Crippen LogP contribution in [0.4, 0.5) is 0 Å². The molecule has 1 N–H and O–H groups in total. The summed E-state index contributed by atoms with van der Waals surface area (Å²) in [6.45, 7) is 2.12. The number of thioether (sulfide) groups is 1. The number of nitrogens with zero attached hydrogens (tertiary/aromatic N) is 1. The second-order valence-electron chi connectivity index (χ2n) is 4.33. The van der Waals surface area contributed by atoms with E-state index in [-0.39, 0.29) is 5.56 Å². The topological polar surface area (TPSA) is 45.8 Å². The summed E-state index contributed by atoms with van der Waals surface area (Å²) in [5.41, 5.74) is 1.08. The van der Waals surface area contributed by atoms with E-state index in [9.17, 15) is 4.79 Å². The van der Waals surface area contributed by atoms with Crippen molar-refractivity contribution in [2.75, 3.05) is 5.75 Å². The van der Waals surface area contributed by atoms with E-state index in [1.54, 1.807) is 11.8 Å². The van der Waals surface area contributed by atoms with E-state index in [1.165, 1.54) is 25.7 Å². The Hall–Kier alpha value is -0.0400. The lowest BCUT2D eigenvalue weighted by molar-refractivity contribution is 0.679. The summed E-state index contributed by atoms with van der Waals surface area (Å²) in [6, 6.07) is 0. The molecule has 1 aromatic heterocycles. The average molecular weight is 364 g/mol. The maximum atomic E-state index is 11.9. The number of hydrogen-bond donors (Lipinski definition) is 1. The van der Waals surface area contributed by atoms with E-state index in [0.717, 1.165) is 26.6 Å². The molecule has 1 aliphatic rings. The minimum atomic E-state index is 0.0363. The molecule has 3 nitrogen and oxygen atoms in total. The average Bonchev–Trinajstić information content (AvgIpc) is 2.84. The Labute approximate surface area is 119 Å². The summed E-state index contributed by atoms with van der Waals surface area (Å²) in [7, 11) is 0. The summed E-state index contributed by atoms with van der Waals surface area (Å²) < 4.78 is 0.791. The van der Waals surface area contributed by atoms with Gasteiger partial charge >= 0.3 is 0 Å². The molecule has 94 valence electrons. The molecular weight excluding hydrogens is 347 g/mol. The molecule has 0 spiro atoms. The van der Waals surface area contributed by atoms with Crippen molar-refractivity contribution >= 4 is 34.4 Å². The molecule has 0 amide bonds. The largest absolute Gasteiger partial charge is 0.309 e. The third kappa shape index (κ3) is 3.24. The third-order valence-electron chi connectivity index (χ3n) is 3.12. The summed E-state index contributed by atoms with van der Waals surface area (Å²) in [5.74, 6) is 3.20. The Kier molecular flexibility index (Phi) is 4.90. The van der Waals surface area contributed by atoms with Crippen LogP contribution in [0.2, 0.25) is 0 Å². The number of hydrogen-bond acceptors (Lipinski definition) is 3. The summed E-state index contributed by atoms with van der Waals surface area (Å²) in [5, 5.41) is 0. The lowest BCUT2D eigenvalue weighted by atomic mass is 10.0. The molecule has 0 saturated heterocycles. The second kappa shape index (κ2) is 6.22. The molecule has 0 radical (unpaired) electrons. The van der Waals surface area contributed by atoms with Crippen LogP contribution in [0, 0.1) is 3.57 Å². The summed E-state index contributed by atoms with van der Waals surface area (Å²) in [4.78, 5) is 19.4. The van der Waals surface area contributed by atoms with Gasteiger partial charge in [0.05, 0.1) is 15.0 Å². The molecule has 0 aliphatic heterocycles. The minimum absolute atomic E-state index is 0.0363. The van der Waals surface area contributed by atoms with Gasteiger partial charge in [-0.1, -0.05) is 19.8 Å². The van der Waals surface area contributed by atoms with Crippen molar-refractivity contribution < 1.29 is 0 Å². The molecule has 0 atom stereocenters. The molecule has 1 fully saturated rings. The highest BCUT2D eigenvalue weighted by Gasteiger charge is 2.22. The van der Waals surface area contributed by atoms with Gasteiger partial charge in [-0.25, -0.2) is 4.98 Å². The van der Waals surface area contributed by atoms with Crippen molar-refractivity contribution in [2.45, 2.75) is 44.3 Å². The number of H-pyrrole nitrogens is 1. The van der Waals surface area contributed by atoms with Crippen molar-refractivity contribution in [3.05, 3.63) is 25.4 Å². The van der Waals surface area contributed by atoms with Gasteiger partial charge in [0.2, 0.25) is 0 Å². The fourth-order valence-corrected chi connectivity index (χ4v) is 3.49. The predicted octanol–water partition coefficient (Wildman–Crippen LogP) is 3.29. The second-order valence-corrected chi connectivity index (χ2v) is 6.68. The molecular formula is C12H17IN2OS. The van der Waals surface area contributed by atoms with Crippen LogP contribution < -0.4 is 5.56 Å². The Morgan fingerprint density at radius 1 is 1.47 bits per heavy atom. The molecule has 2 rings (SSSR count). The maximum Gasteiger partial charge on any atom is 0.264 e. The summed E-state index contributed by atoms with van der Waals surface area (Å²) in [6.07, 6.45) is 4.92. The van der Waals surface area contributed by atoms with E-state index in [0.29, 0.717) is 5.92 Å². The van der Waals surface area contributed by atoms with Crippen molar-refractivity contribution in [3.8, 4) is 0 Å². The fourth-order valence-electron chi connectivity index (χ4n) is 2.26. The molecule has 1 heterocycles. The van der Waals surface area contributed by atoms with Gasteiger partial charge in [-0.3, -0.25) is 4.79 Å². The Morgan fingerprint density at radius 2 is 2.18 bits per heavy atom. The fraction of sp³-hybridized carbons (Fsp3) is 0.667. The van der Waals surface area contributed by atoms with E-state index < -0.39 is 0 Å². The van der Waals surface area contributed by atoms with E-state index in [2.05, 4.69) is 39.5 Å². The zero-order chi connectivity index (χ0) is 12.3. The normalized spacial score (nSPS) is 16.6. The van der Waals surface area contributed by atoms with Gasteiger partial charge in [0.1, 0.15) is 5.82 Å². The highest BCUT2D eigenvalue weighted by atomic mass is 127. The zero-order valence-corrected chi connectivity index (χ0v) is 12.9. The summed E-state index contributed by atoms with van der Waals surface area (Å²) >= 11 is 3.93. The highest BCUT2D eigenvalue weighted by molar-refractivity contribution is 14.1. The van der Waals surface area contributed by atoms with E-state index in [4.69, 9.17) is 0 Å². The van der Waals surface area contributed by atoms with Gasteiger partial charge in [0.25, 0.3) is 5.56 Å². The quantitative estimate of drug-likeness (QED) is 0.834. The standard InChI is InChI=1S/C12H17IN2OS/c1-2-17-7-9-14-11(8-5-3-4-6-8)10(13)12(16)15-9/h8H,2-7H2,1H3,(H,14,15,16). The monoisotopic (exact) mass is 364 g/mol. The van der Waals surface area contributed by atoms with Crippen LogP contribution in [0.15, 0.2) is 4.79 Å². The van der Waals surface area contributed by atoms with E-state index in [1.807, 2.05) is 0 Å². The molecule has 1 aliphatic carbocycles. The third-order valence-corrected chi connectivity index (χ3v) is 5.05. The maximum absolute atomic E-state index is 11.9. The number of halogens is 1. The van der Waals surface area contributed by atoms with Gasteiger partial charge in [-0.05, 0) is 41.2 Å². The molecule has 1 saturated carbocycles. The SMILES string of the molecule is CCSCc1nc(C2CCCC2)c(I)c(=O)[nH]1. The molecule has 1 aromatic rings. The lowest BCUT2D eigenvalue weighted by Crippen LogP contribution is -2.19. The van der Waals surface area contributed by atoms with Gasteiger partial charge in [0.15, 0.2) is 0 Å². The van der Waals surface area contributed by atoms with Crippen molar-refractivity contribution in [1.82, 2.24) is 9.97 Å². The first-order chi connectivity index (χ1) is 8.22. The van der Waals surface area contributed by atoms with Crippen LogP contribution in [0.5, 0.6) is 0 Å². The Bertz CT molecular complexity index is 441. The smallest absolute Gasteiger partial charge is 0.264 e. The van der Waals surface area contributed by atoms with Crippen LogP contribution in [0.25, 0.3) is 0 Å². The number of aromatic amines is 1. The Balaban J connectivity index is 2.29. The van der Waals surface area contributed by atoms with Crippen LogP contribution in [0.1, 0.15) is 50.0 Å². The molecule has 0 aromatic carbocycles. The predicted molar refractivity (Wildman–Crippen MR) is 80.6 cm³/mol. The molecule has 0 bridgehead atoms. The highest BCUT2D eigenvalue weighted by Crippen LogP contribution is 2.34. The van der Waals surface area contributed by atoms with E-state index >= 15 is 0 Å². The first kappa shape index (κ1) is 13.4. The van der Waals surface area contributed by atoms with Gasteiger partial charge in [-0.15, -0.1) is 0 Å². The van der Waals surface area contributed by atoms with Crippen molar-refractivity contribution in [2.24, 2.45) is 0 Å². The Morgan fingerprint density at radius 3 is 2.82 bits per heavy atom. The van der Waals surface area contributed by atoms with Crippen molar-refractivity contribution in [1.29, 1.82) is 0 Å². The molecule has 5 heteroatoms. The first-order valence-electron chi connectivity index (χ1n) is 6.08. The molecule has 17 heavy (non-hydrogen) atoms. The molecule has 0 unspecified atom stereocenters. The van der Waals surface area contributed by atoms with Crippen LogP contribution in [0.3, 0.4) is 0 Å². The number of rotatable bonds is 4. The van der Waals surface area contributed by atoms with Gasteiger partial charge < -0.3 is 4.98 Å². The van der Waals surface area contributed by atoms with Crippen molar-refractivity contribution in [3.63, 3.8) is 0 Å². The van der Waals surface area contributed by atoms with Crippen LogP contribution in [-0.4, -0.2) is 15.7 Å². The number of aromatic nitrogens is 2.